The van der Waals surface area contributed by atoms with Gasteiger partial charge in [0.15, 0.2) is 0 Å². The van der Waals surface area contributed by atoms with Crippen molar-refractivity contribution < 1.29 is 9.90 Å². The minimum absolute atomic E-state index is 0.106. The summed E-state index contributed by atoms with van der Waals surface area (Å²) in [5.74, 6) is -1.05. The van der Waals surface area contributed by atoms with E-state index in [1.54, 1.807) is 13.8 Å². The second-order valence-electron chi connectivity index (χ2n) is 2.55. The van der Waals surface area contributed by atoms with E-state index in [0.717, 1.165) is 0 Å². The van der Waals surface area contributed by atoms with Crippen LogP contribution < -0.4 is 0 Å². The SMILES string of the molecule is C=C/C(C)=C(\C=C(/C)C#N)C(=O)O. The van der Waals surface area contributed by atoms with Crippen LogP contribution >= 0.6 is 0 Å². The Balaban J connectivity index is 5.22. The number of carboxylic acid groups (broad SMARTS) is 1. The number of hydrogen-bond acceptors (Lipinski definition) is 2. The summed E-state index contributed by atoms with van der Waals surface area (Å²) in [5, 5.41) is 17.2. The molecule has 3 heteroatoms. The van der Waals surface area contributed by atoms with Gasteiger partial charge >= 0.3 is 5.97 Å². The monoisotopic (exact) mass is 177 g/mol. The molecule has 0 amide bonds. The minimum Gasteiger partial charge on any atom is -0.478 e. The molecular formula is C10H11NO2. The van der Waals surface area contributed by atoms with Gasteiger partial charge in [0.2, 0.25) is 0 Å². The topological polar surface area (TPSA) is 61.1 Å². The van der Waals surface area contributed by atoms with E-state index in [9.17, 15) is 4.79 Å². The molecule has 0 spiro atoms. The van der Waals surface area contributed by atoms with Crippen molar-refractivity contribution in [2.75, 3.05) is 0 Å². The van der Waals surface area contributed by atoms with Gasteiger partial charge in [-0.2, -0.15) is 5.26 Å². The van der Waals surface area contributed by atoms with E-state index >= 15 is 0 Å². The maximum Gasteiger partial charge on any atom is 0.335 e. The number of nitrogens with zero attached hydrogens (tertiary/aromatic N) is 1. The van der Waals surface area contributed by atoms with Gasteiger partial charge in [0.25, 0.3) is 0 Å². The lowest BCUT2D eigenvalue weighted by molar-refractivity contribution is -0.132. The second-order valence-corrected chi connectivity index (χ2v) is 2.55. The number of hydrogen-bond donors (Lipinski definition) is 1. The smallest absolute Gasteiger partial charge is 0.335 e. The summed E-state index contributed by atoms with van der Waals surface area (Å²) in [6, 6.07) is 1.86. The third-order valence-corrected chi connectivity index (χ3v) is 1.50. The molecule has 13 heavy (non-hydrogen) atoms. The van der Waals surface area contributed by atoms with Crippen molar-refractivity contribution in [2.45, 2.75) is 13.8 Å². The van der Waals surface area contributed by atoms with Gasteiger partial charge in [0.05, 0.1) is 11.6 Å². The van der Waals surface area contributed by atoms with Crippen molar-refractivity contribution in [3.63, 3.8) is 0 Å². The van der Waals surface area contributed by atoms with Crippen LogP contribution in [0.5, 0.6) is 0 Å². The standard InChI is InChI=1S/C10H11NO2/c1-4-8(3)9(10(12)13)5-7(2)6-11/h4-5H,1H2,2-3H3,(H,12,13)/b7-5+,9-8+. The molecule has 0 aromatic heterocycles. The lowest BCUT2D eigenvalue weighted by Crippen LogP contribution is -2.00. The molecule has 0 saturated heterocycles. The first-order chi connectivity index (χ1) is 6.02. The number of carboxylic acids is 1. The van der Waals surface area contributed by atoms with Crippen LogP contribution in [0.25, 0.3) is 0 Å². The van der Waals surface area contributed by atoms with Crippen LogP contribution in [0.2, 0.25) is 0 Å². The first-order valence-electron chi connectivity index (χ1n) is 3.68. The van der Waals surface area contributed by atoms with Crippen molar-refractivity contribution in [1.82, 2.24) is 0 Å². The van der Waals surface area contributed by atoms with Gasteiger partial charge in [-0.25, -0.2) is 4.79 Å². The second kappa shape index (κ2) is 4.94. The lowest BCUT2D eigenvalue weighted by Gasteiger charge is -1.98. The van der Waals surface area contributed by atoms with Crippen LogP contribution in [0.3, 0.4) is 0 Å². The first-order valence-corrected chi connectivity index (χ1v) is 3.68. The van der Waals surface area contributed by atoms with Gasteiger partial charge in [-0.05, 0) is 25.5 Å². The largest absolute Gasteiger partial charge is 0.478 e. The summed E-state index contributed by atoms with van der Waals surface area (Å²) >= 11 is 0. The third kappa shape index (κ3) is 3.39. The van der Waals surface area contributed by atoms with E-state index < -0.39 is 5.97 Å². The first kappa shape index (κ1) is 11.2. The summed E-state index contributed by atoms with van der Waals surface area (Å²) in [5.41, 5.74) is 1.01. The zero-order valence-corrected chi connectivity index (χ0v) is 7.66. The van der Waals surface area contributed by atoms with Crippen LogP contribution in [-0.4, -0.2) is 11.1 Å². The van der Waals surface area contributed by atoms with E-state index in [1.165, 1.54) is 12.2 Å². The fourth-order valence-electron chi connectivity index (χ4n) is 0.703. The van der Waals surface area contributed by atoms with E-state index in [0.29, 0.717) is 11.1 Å². The number of aliphatic carboxylic acids is 1. The molecule has 0 unspecified atom stereocenters. The zero-order chi connectivity index (χ0) is 10.4. The highest BCUT2D eigenvalue weighted by Crippen LogP contribution is 2.09. The highest BCUT2D eigenvalue weighted by molar-refractivity contribution is 5.91. The van der Waals surface area contributed by atoms with E-state index in [-0.39, 0.29) is 5.57 Å². The van der Waals surface area contributed by atoms with Crippen LogP contribution in [0.4, 0.5) is 0 Å². The molecular weight excluding hydrogens is 166 g/mol. The molecule has 1 N–H and O–H groups in total. The molecule has 0 radical (unpaired) electrons. The van der Waals surface area contributed by atoms with Crippen LogP contribution in [0.15, 0.2) is 35.5 Å². The molecule has 0 saturated carbocycles. The third-order valence-electron chi connectivity index (χ3n) is 1.50. The molecule has 0 aromatic carbocycles. The van der Waals surface area contributed by atoms with Gasteiger partial charge in [-0.3, -0.25) is 0 Å². The molecule has 0 aliphatic rings. The minimum atomic E-state index is -1.05. The average molecular weight is 177 g/mol. The lowest BCUT2D eigenvalue weighted by atomic mass is 10.1. The van der Waals surface area contributed by atoms with E-state index in [4.69, 9.17) is 10.4 Å². The number of allylic oxidation sites excluding steroid dienone is 3. The quantitative estimate of drug-likeness (QED) is 0.407. The van der Waals surface area contributed by atoms with E-state index in [1.807, 2.05) is 6.07 Å². The summed E-state index contributed by atoms with van der Waals surface area (Å²) in [7, 11) is 0. The number of nitriles is 1. The maximum absolute atomic E-state index is 10.7. The molecule has 0 aliphatic carbocycles. The van der Waals surface area contributed by atoms with Gasteiger partial charge in [-0.15, -0.1) is 0 Å². The highest BCUT2D eigenvalue weighted by atomic mass is 16.4. The van der Waals surface area contributed by atoms with Gasteiger partial charge in [0.1, 0.15) is 0 Å². The van der Waals surface area contributed by atoms with Crippen molar-refractivity contribution in [2.24, 2.45) is 0 Å². The zero-order valence-electron chi connectivity index (χ0n) is 7.66. The Hall–Kier alpha value is -1.82. The van der Waals surface area contributed by atoms with Gasteiger partial charge in [-0.1, -0.05) is 12.7 Å². The van der Waals surface area contributed by atoms with Crippen molar-refractivity contribution in [3.05, 3.63) is 35.5 Å². The fourth-order valence-corrected chi connectivity index (χ4v) is 0.703. The predicted octanol–water partition coefficient (Wildman–Crippen LogP) is 2.04. The summed E-state index contributed by atoms with van der Waals surface area (Å²) in [6.45, 7) is 6.66. The molecule has 0 aliphatic heterocycles. The van der Waals surface area contributed by atoms with Crippen LogP contribution in [0, 0.1) is 11.3 Å². The average Bonchev–Trinajstić information content (AvgIpc) is 2.11. The maximum atomic E-state index is 10.7. The van der Waals surface area contributed by atoms with Gasteiger partial charge in [0, 0.05) is 5.57 Å². The molecule has 0 rings (SSSR count). The summed E-state index contributed by atoms with van der Waals surface area (Å²) in [6.07, 6.45) is 2.78. The van der Waals surface area contributed by atoms with Crippen molar-refractivity contribution >= 4 is 5.97 Å². The molecule has 0 atom stereocenters. The molecule has 0 aromatic rings. The Morgan fingerprint density at radius 2 is 2.08 bits per heavy atom. The Kier molecular flexibility index (Phi) is 4.25. The molecule has 0 bridgehead atoms. The number of carbonyl (C=O) groups is 1. The Bertz CT molecular complexity index is 329. The van der Waals surface area contributed by atoms with Crippen molar-refractivity contribution in [1.29, 1.82) is 5.26 Å². The van der Waals surface area contributed by atoms with Crippen molar-refractivity contribution in [3.8, 4) is 6.07 Å². The van der Waals surface area contributed by atoms with Crippen LogP contribution in [-0.2, 0) is 4.79 Å². The molecule has 0 heterocycles. The van der Waals surface area contributed by atoms with Crippen LogP contribution in [0.1, 0.15) is 13.8 Å². The molecule has 0 fully saturated rings. The normalized spacial score (nSPS) is 12.8. The highest BCUT2D eigenvalue weighted by Gasteiger charge is 2.06. The Morgan fingerprint density at radius 3 is 2.38 bits per heavy atom. The number of rotatable bonds is 3. The Labute approximate surface area is 77.3 Å². The van der Waals surface area contributed by atoms with Gasteiger partial charge < -0.3 is 5.11 Å². The summed E-state index contributed by atoms with van der Waals surface area (Å²) < 4.78 is 0. The predicted molar refractivity (Wildman–Crippen MR) is 49.9 cm³/mol. The molecule has 68 valence electrons. The fraction of sp³-hybridized carbons (Fsp3) is 0.200. The Morgan fingerprint density at radius 1 is 1.54 bits per heavy atom. The molecule has 3 nitrogen and oxygen atoms in total. The summed E-state index contributed by atoms with van der Waals surface area (Å²) in [4.78, 5) is 10.7. The van der Waals surface area contributed by atoms with E-state index in [2.05, 4.69) is 6.58 Å².